The van der Waals surface area contributed by atoms with Gasteiger partial charge in [-0.05, 0) is 49.2 Å². The van der Waals surface area contributed by atoms with Crippen molar-refractivity contribution in [2.75, 3.05) is 13.1 Å². The second kappa shape index (κ2) is 8.03. The summed E-state index contributed by atoms with van der Waals surface area (Å²) in [5.41, 5.74) is 2.47. The number of furan rings is 1. The van der Waals surface area contributed by atoms with Crippen LogP contribution in [0.2, 0.25) is 5.02 Å². The van der Waals surface area contributed by atoms with Gasteiger partial charge in [0.25, 0.3) is 0 Å². The number of amides is 1. The van der Waals surface area contributed by atoms with Crippen LogP contribution in [-0.4, -0.2) is 37.9 Å². The predicted octanol–water partition coefficient (Wildman–Crippen LogP) is 2.48. The lowest BCUT2D eigenvalue weighted by atomic mass is 9.98. The summed E-state index contributed by atoms with van der Waals surface area (Å²) in [4.78, 5) is 12.4. The summed E-state index contributed by atoms with van der Waals surface area (Å²) in [5, 5.41) is 4.33. The minimum Gasteiger partial charge on any atom is -0.463 e. The van der Waals surface area contributed by atoms with Crippen molar-refractivity contribution in [2.24, 2.45) is 11.0 Å². The van der Waals surface area contributed by atoms with Crippen molar-refractivity contribution in [3.63, 3.8) is 0 Å². The maximum Gasteiger partial charge on any atom is 0.243 e. The Morgan fingerprint density at radius 2 is 1.92 bits per heavy atom. The first-order chi connectivity index (χ1) is 12.5. The molecule has 2 heterocycles. The molecule has 9 heteroatoms. The number of sulfonamides is 1. The molecule has 1 fully saturated rings. The van der Waals surface area contributed by atoms with Crippen molar-refractivity contribution >= 4 is 33.7 Å². The Hall–Kier alpha value is -2.16. The lowest BCUT2D eigenvalue weighted by Gasteiger charge is -2.30. The highest BCUT2D eigenvalue weighted by Crippen LogP contribution is 2.24. The molecule has 1 amide bonds. The third kappa shape index (κ3) is 4.32. The molecular formula is C17H18ClN3O4S. The van der Waals surface area contributed by atoms with E-state index in [1.165, 1.54) is 28.9 Å². The van der Waals surface area contributed by atoms with Crippen molar-refractivity contribution < 1.29 is 17.6 Å². The molecule has 0 unspecified atom stereocenters. The zero-order valence-electron chi connectivity index (χ0n) is 13.8. The van der Waals surface area contributed by atoms with Gasteiger partial charge in [0.1, 0.15) is 5.76 Å². The van der Waals surface area contributed by atoms with Crippen LogP contribution in [0, 0.1) is 5.92 Å². The molecule has 0 aliphatic carbocycles. The predicted molar refractivity (Wildman–Crippen MR) is 97.4 cm³/mol. The van der Waals surface area contributed by atoms with Crippen molar-refractivity contribution in [1.29, 1.82) is 0 Å². The fourth-order valence-corrected chi connectivity index (χ4v) is 4.33. The van der Waals surface area contributed by atoms with Gasteiger partial charge in [0.15, 0.2) is 0 Å². The highest BCUT2D eigenvalue weighted by molar-refractivity contribution is 7.89. The van der Waals surface area contributed by atoms with Crippen LogP contribution in [0.3, 0.4) is 0 Å². The van der Waals surface area contributed by atoms with Crippen molar-refractivity contribution in [3.8, 4) is 0 Å². The summed E-state index contributed by atoms with van der Waals surface area (Å²) in [6.07, 6.45) is 3.81. The smallest absolute Gasteiger partial charge is 0.243 e. The van der Waals surface area contributed by atoms with Crippen LogP contribution >= 0.6 is 11.6 Å². The van der Waals surface area contributed by atoms with Gasteiger partial charge >= 0.3 is 0 Å². The van der Waals surface area contributed by atoms with Crippen LogP contribution in [0.4, 0.5) is 0 Å². The second-order valence-electron chi connectivity index (χ2n) is 5.88. The zero-order valence-corrected chi connectivity index (χ0v) is 15.4. The monoisotopic (exact) mass is 395 g/mol. The van der Waals surface area contributed by atoms with Gasteiger partial charge in [-0.25, -0.2) is 13.8 Å². The number of hydrogen-bond donors (Lipinski definition) is 1. The van der Waals surface area contributed by atoms with Crippen LogP contribution in [-0.2, 0) is 14.8 Å². The molecule has 138 valence electrons. The summed E-state index contributed by atoms with van der Waals surface area (Å²) in [6, 6.07) is 9.51. The molecule has 0 spiro atoms. The first kappa shape index (κ1) is 18.6. The van der Waals surface area contributed by atoms with E-state index in [1.54, 1.807) is 24.3 Å². The number of rotatable bonds is 5. The maximum atomic E-state index is 12.6. The van der Waals surface area contributed by atoms with Crippen LogP contribution in [0.5, 0.6) is 0 Å². The highest BCUT2D eigenvalue weighted by atomic mass is 35.5. The van der Waals surface area contributed by atoms with E-state index in [9.17, 15) is 13.2 Å². The van der Waals surface area contributed by atoms with E-state index in [2.05, 4.69) is 10.5 Å². The van der Waals surface area contributed by atoms with E-state index < -0.39 is 10.0 Å². The molecule has 1 N–H and O–H groups in total. The van der Waals surface area contributed by atoms with E-state index in [1.807, 2.05) is 0 Å². The summed E-state index contributed by atoms with van der Waals surface area (Å²) >= 11 is 5.81. The highest BCUT2D eigenvalue weighted by Gasteiger charge is 2.32. The van der Waals surface area contributed by atoms with Crippen molar-refractivity contribution in [2.45, 2.75) is 17.7 Å². The quantitative estimate of drug-likeness (QED) is 0.621. The Morgan fingerprint density at radius 3 is 2.54 bits per heavy atom. The van der Waals surface area contributed by atoms with Crippen LogP contribution in [0.25, 0.3) is 0 Å². The van der Waals surface area contributed by atoms with E-state index >= 15 is 0 Å². The number of carbonyl (C=O) groups is 1. The molecule has 3 rings (SSSR count). The van der Waals surface area contributed by atoms with E-state index in [4.69, 9.17) is 16.0 Å². The van der Waals surface area contributed by atoms with Gasteiger partial charge in [-0.1, -0.05) is 11.6 Å². The molecule has 26 heavy (non-hydrogen) atoms. The fourth-order valence-electron chi connectivity index (χ4n) is 2.73. The van der Waals surface area contributed by atoms with Gasteiger partial charge in [-0.3, -0.25) is 4.79 Å². The Kier molecular flexibility index (Phi) is 5.75. The number of hydrogen-bond acceptors (Lipinski definition) is 5. The standard InChI is InChI=1S/C17H18ClN3O4S/c18-14-3-5-16(6-4-14)26(23,24)21-9-7-13(8-10-21)17(22)20-19-12-15-2-1-11-25-15/h1-6,11-13H,7-10H2,(H,20,22)/b19-12-. The summed E-state index contributed by atoms with van der Waals surface area (Å²) in [6.45, 7) is 0.565. The van der Waals surface area contributed by atoms with Crippen LogP contribution in [0.15, 0.2) is 57.1 Å². The Morgan fingerprint density at radius 1 is 1.23 bits per heavy atom. The third-order valence-corrected chi connectivity index (χ3v) is 6.35. The van der Waals surface area contributed by atoms with Gasteiger partial charge in [-0.15, -0.1) is 0 Å². The minimum atomic E-state index is -3.57. The molecule has 7 nitrogen and oxygen atoms in total. The van der Waals surface area contributed by atoms with E-state index in [0.717, 1.165) is 0 Å². The number of piperidine rings is 1. The second-order valence-corrected chi connectivity index (χ2v) is 8.26. The number of nitrogens with one attached hydrogen (secondary N) is 1. The minimum absolute atomic E-state index is 0.202. The van der Waals surface area contributed by atoms with E-state index in [-0.39, 0.29) is 29.8 Å². The fraction of sp³-hybridized carbons (Fsp3) is 0.294. The average Bonchev–Trinajstić information content (AvgIpc) is 3.15. The lowest BCUT2D eigenvalue weighted by molar-refractivity contribution is -0.126. The molecule has 0 radical (unpaired) electrons. The molecule has 1 aromatic carbocycles. The van der Waals surface area contributed by atoms with Gasteiger partial charge in [0, 0.05) is 24.0 Å². The summed E-state index contributed by atoms with van der Waals surface area (Å²) in [7, 11) is -3.57. The number of hydrazone groups is 1. The van der Waals surface area contributed by atoms with Gasteiger partial charge in [-0.2, -0.15) is 9.41 Å². The lowest BCUT2D eigenvalue weighted by Crippen LogP contribution is -2.42. The van der Waals surface area contributed by atoms with Crippen molar-refractivity contribution in [3.05, 3.63) is 53.4 Å². The largest absolute Gasteiger partial charge is 0.463 e. The molecule has 1 aliphatic heterocycles. The Bertz CT molecular complexity index is 871. The molecular weight excluding hydrogens is 378 g/mol. The Balaban J connectivity index is 1.55. The van der Waals surface area contributed by atoms with E-state index in [0.29, 0.717) is 23.6 Å². The zero-order chi connectivity index (χ0) is 18.6. The molecule has 1 saturated heterocycles. The number of nitrogens with zero attached hydrogens (tertiary/aromatic N) is 2. The molecule has 0 bridgehead atoms. The molecule has 1 aromatic heterocycles. The summed E-state index contributed by atoms with van der Waals surface area (Å²) < 4.78 is 31.7. The van der Waals surface area contributed by atoms with Crippen LogP contribution < -0.4 is 5.43 Å². The molecule has 0 atom stereocenters. The normalized spacial score (nSPS) is 16.8. The molecule has 1 aliphatic rings. The van der Waals surface area contributed by atoms with Crippen molar-refractivity contribution in [1.82, 2.24) is 9.73 Å². The van der Waals surface area contributed by atoms with Gasteiger partial charge in [0.2, 0.25) is 15.9 Å². The number of halogens is 1. The summed E-state index contributed by atoms with van der Waals surface area (Å²) in [5.74, 6) is 0.0333. The van der Waals surface area contributed by atoms with Gasteiger partial charge in [0.05, 0.1) is 17.4 Å². The Labute approximate surface area is 156 Å². The number of benzene rings is 1. The SMILES string of the molecule is O=C(N/N=C\c1ccco1)C1CCN(S(=O)(=O)c2ccc(Cl)cc2)CC1. The maximum absolute atomic E-state index is 12.6. The first-order valence-corrected chi connectivity index (χ1v) is 9.91. The topological polar surface area (TPSA) is 92.0 Å². The number of carbonyl (C=O) groups excluding carboxylic acids is 1. The molecule has 2 aromatic rings. The van der Waals surface area contributed by atoms with Gasteiger partial charge < -0.3 is 4.42 Å². The average molecular weight is 396 g/mol. The third-order valence-electron chi connectivity index (χ3n) is 4.19. The van der Waals surface area contributed by atoms with Crippen LogP contribution in [0.1, 0.15) is 18.6 Å². The first-order valence-electron chi connectivity index (χ1n) is 8.09. The molecule has 0 saturated carbocycles.